The van der Waals surface area contributed by atoms with Gasteiger partial charge in [-0.15, -0.1) is 0 Å². The monoisotopic (exact) mass is 264 g/mol. The highest BCUT2D eigenvalue weighted by Crippen LogP contribution is 2.33. The van der Waals surface area contributed by atoms with Crippen molar-refractivity contribution in [2.75, 3.05) is 0 Å². The van der Waals surface area contributed by atoms with E-state index in [1.807, 2.05) is 57.2 Å². The predicted molar refractivity (Wildman–Crippen MR) is 80.0 cm³/mol. The van der Waals surface area contributed by atoms with Crippen LogP contribution in [-0.4, -0.2) is 5.78 Å². The fourth-order valence-corrected chi connectivity index (χ4v) is 2.26. The molecule has 2 aromatic rings. The number of fused-ring (bicyclic) bond motifs is 1. The lowest BCUT2D eigenvalue weighted by atomic mass is 10.0. The van der Waals surface area contributed by atoms with Gasteiger partial charge in [0.15, 0.2) is 5.76 Å². The molecule has 3 rings (SSSR count). The van der Waals surface area contributed by atoms with E-state index in [4.69, 9.17) is 4.74 Å². The van der Waals surface area contributed by atoms with Crippen LogP contribution >= 0.6 is 0 Å². The van der Waals surface area contributed by atoms with Crippen molar-refractivity contribution in [3.8, 4) is 5.75 Å². The Kier molecular flexibility index (Phi) is 2.94. The maximum atomic E-state index is 12.3. The third-order valence-electron chi connectivity index (χ3n) is 3.66. The van der Waals surface area contributed by atoms with E-state index in [2.05, 4.69) is 0 Å². The molecular formula is C18H16O2. The van der Waals surface area contributed by atoms with Crippen LogP contribution in [0.25, 0.3) is 6.08 Å². The number of rotatable bonds is 1. The zero-order chi connectivity index (χ0) is 14.3. The Bertz CT molecular complexity index is 722. The van der Waals surface area contributed by atoms with Crippen molar-refractivity contribution >= 4 is 11.9 Å². The molecule has 0 unspecified atom stereocenters. The molecule has 0 aromatic heterocycles. The van der Waals surface area contributed by atoms with E-state index in [9.17, 15) is 4.79 Å². The third-order valence-corrected chi connectivity index (χ3v) is 3.66. The number of ketones is 1. The molecule has 0 radical (unpaired) electrons. The minimum absolute atomic E-state index is 0.0383. The second kappa shape index (κ2) is 4.64. The number of Topliss-reactive ketones (excluding diaryl/α,β-unsaturated/α-hetero) is 1. The summed E-state index contributed by atoms with van der Waals surface area (Å²) in [6.07, 6.45) is 1.80. The molecule has 0 saturated heterocycles. The van der Waals surface area contributed by atoms with Crippen LogP contribution < -0.4 is 4.74 Å². The summed E-state index contributed by atoms with van der Waals surface area (Å²) in [4.78, 5) is 12.3. The van der Waals surface area contributed by atoms with E-state index in [1.165, 1.54) is 5.56 Å². The van der Waals surface area contributed by atoms with Crippen LogP contribution in [0.15, 0.2) is 42.2 Å². The topological polar surface area (TPSA) is 26.3 Å². The number of aryl methyl sites for hydroxylation is 3. The molecular weight excluding hydrogens is 248 g/mol. The molecule has 0 aliphatic carbocycles. The summed E-state index contributed by atoms with van der Waals surface area (Å²) in [5.41, 5.74) is 5.07. The second-order valence-electron chi connectivity index (χ2n) is 5.28. The zero-order valence-corrected chi connectivity index (χ0v) is 11.9. The maximum Gasteiger partial charge on any atom is 0.231 e. The lowest BCUT2D eigenvalue weighted by Gasteiger charge is -2.02. The van der Waals surface area contributed by atoms with Gasteiger partial charge in [0.25, 0.3) is 0 Å². The quantitative estimate of drug-likeness (QED) is 0.720. The SMILES string of the molecule is Cc1ccc(/C=C2\Oc3cc(C)c(C)cc3C2=O)cc1. The number of hydrogen-bond donors (Lipinski definition) is 0. The Balaban J connectivity index is 1.99. The average Bonchev–Trinajstić information content (AvgIpc) is 2.70. The number of ether oxygens (including phenoxy) is 1. The Morgan fingerprint density at radius 3 is 2.30 bits per heavy atom. The zero-order valence-electron chi connectivity index (χ0n) is 11.9. The van der Waals surface area contributed by atoms with Gasteiger partial charge in [-0.2, -0.15) is 0 Å². The van der Waals surface area contributed by atoms with Crippen LogP contribution in [0.1, 0.15) is 32.6 Å². The number of hydrogen-bond acceptors (Lipinski definition) is 2. The Morgan fingerprint density at radius 2 is 1.60 bits per heavy atom. The molecule has 0 bridgehead atoms. The summed E-state index contributed by atoms with van der Waals surface area (Å²) in [6, 6.07) is 11.8. The summed E-state index contributed by atoms with van der Waals surface area (Å²) in [5.74, 6) is 1.02. The van der Waals surface area contributed by atoms with Gasteiger partial charge in [0.1, 0.15) is 5.75 Å². The van der Waals surface area contributed by atoms with Crippen molar-refractivity contribution in [1.29, 1.82) is 0 Å². The molecule has 1 heterocycles. The first-order chi connectivity index (χ1) is 9.54. The molecule has 0 fully saturated rings. The van der Waals surface area contributed by atoms with Crippen LogP contribution in [0.3, 0.4) is 0 Å². The molecule has 1 aliphatic heterocycles. The molecule has 0 amide bonds. The molecule has 2 nitrogen and oxygen atoms in total. The van der Waals surface area contributed by atoms with Crippen LogP contribution in [0.2, 0.25) is 0 Å². The molecule has 1 aliphatic rings. The number of carbonyl (C=O) groups is 1. The Hall–Kier alpha value is -2.35. The first kappa shape index (κ1) is 12.7. The van der Waals surface area contributed by atoms with E-state index in [1.54, 1.807) is 6.08 Å². The summed E-state index contributed by atoms with van der Waals surface area (Å²) in [7, 11) is 0. The molecule has 2 aromatic carbocycles. The molecule has 2 heteroatoms. The lowest BCUT2D eigenvalue weighted by Crippen LogP contribution is -1.98. The van der Waals surface area contributed by atoms with Crippen molar-refractivity contribution in [1.82, 2.24) is 0 Å². The molecule has 0 N–H and O–H groups in total. The van der Waals surface area contributed by atoms with E-state index in [-0.39, 0.29) is 5.78 Å². The first-order valence-corrected chi connectivity index (χ1v) is 6.67. The lowest BCUT2D eigenvalue weighted by molar-refractivity contribution is 0.101. The van der Waals surface area contributed by atoms with Gasteiger partial charge in [-0.1, -0.05) is 29.8 Å². The smallest absolute Gasteiger partial charge is 0.231 e. The average molecular weight is 264 g/mol. The Labute approximate surface area is 118 Å². The molecule has 0 saturated carbocycles. The van der Waals surface area contributed by atoms with Crippen molar-refractivity contribution in [3.63, 3.8) is 0 Å². The highest BCUT2D eigenvalue weighted by Gasteiger charge is 2.27. The normalized spacial score (nSPS) is 15.3. The summed E-state index contributed by atoms with van der Waals surface area (Å²) in [6.45, 7) is 6.06. The van der Waals surface area contributed by atoms with Crippen LogP contribution in [-0.2, 0) is 0 Å². The number of carbonyl (C=O) groups excluding carboxylic acids is 1. The molecule has 0 atom stereocenters. The van der Waals surface area contributed by atoms with Crippen LogP contribution in [0.4, 0.5) is 0 Å². The standard InChI is InChI=1S/C18H16O2/c1-11-4-6-14(7-5-11)10-17-18(19)15-8-12(2)13(3)9-16(15)20-17/h4-10H,1-3H3/b17-10-. The van der Waals surface area contributed by atoms with E-state index < -0.39 is 0 Å². The second-order valence-corrected chi connectivity index (χ2v) is 5.28. The van der Waals surface area contributed by atoms with Crippen LogP contribution in [0, 0.1) is 20.8 Å². The molecule has 0 spiro atoms. The van der Waals surface area contributed by atoms with E-state index in [0.29, 0.717) is 17.1 Å². The largest absolute Gasteiger partial charge is 0.452 e. The maximum absolute atomic E-state index is 12.3. The van der Waals surface area contributed by atoms with E-state index >= 15 is 0 Å². The Morgan fingerprint density at radius 1 is 0.950 bits per heavy atom. The van der Waals surface area contributed by atoms with E-state index in [0.717, 1.165) is 16.7 Å². The molecule has 100 valence electrons. The summed E-state index contributed by atoms with van der Waals surface area (Å²) in [5, 5.41) is 0. The van der Waals surface area contributed by atoms with Gasteiger partial charge in [0.05, 0.1) is 5.56 Å². The van der Waals surface area contributed by atoms with Gasteiger partial charge in [-0.3, -0.25) is 4.79 Å². The summed E-state index contributed by atoms with van der Waals surface area (Å²) < 4.78 is 5.70. The number of benzene rings is 2. The third kappa shape index (κ3) is 2.14. The van der Waals surface area contributed by atoms with Gasteiger partial charge in [0, 0.05) is 0 Å². The predicted octanol–water partition coefficient (Wildman–Crippen LogP) is 4.23. The van der Waals surface area contributed by atoms with Crippen LogP contribution in [0.5, 0.6) is 5.75 Å². The molecule has 20 heavy (non-hydrogen) atoms. The van der Waals surface area contributed by atoms with Gasteiger partial charge in [-0.05, 0) is 55.7 Å². The van der Waals surface area contributed by atoms with Crippen molar-refractivity contribution < 1.29 is 9.53 Å². The van der Waals surface area contributed by atoms with Gasteiger partial charge >= 0.3 is 0 Å². The van der Waals surface area contributed by atoms with Crippen molar-refractivity contribution in [2.45, 2.75) is 20.8 Å². The first-order valence-electron chi connectivity index (χ1n) is 6.67. The van der Waals surface area contributed by atoms with Gasteiger partial charge in [0.2, 0.25) is 5.78 Å². The van der Waals surface area contributed by atoms with Crippen molar-refractivity contribution in [2.24, 2.45) is 0 Å². The van der Waals surface area contributed by atoms with Gasteiger partial charge in [-0.25, -0.2) is 0 Å². The highest BCUT2D eigenvalue weighted by molar-refractivity contribution is 6.14. The number of allylic oxidation sites excluding steroid dienone is 1. The van der Waals surface area contributed by atoms with Gasteiger partial charge < -0.3 is 4.74 Å². The minimum Gasteiger partial charge on any atom is -0.452 e. The minimum atomic E-state index is -0.0383. The highest BCUT2D eigenvalue weighted by atomic mass is 16.5. The fraction of sp³-hybridized carbons (Fsp3) is 0.167. The fourth-order valence-electron chi connectivity index (χ4n) is 2.26. The summed E-state index contributed by atoms with van der Waals surface area (Å²) >= 11 is 0. The van der Waals surface area contributed by atoms with Crippen molar-refractivity contribution in [3.05, 3.63) is 70.0 Å².